The van der Waals surface area contributed by atoms with Crippen molar-refractivity contribution in [2.45, 2.75) is 23.8 Å². The number of nitrogens with two attached hydrogens (primary N) is 1. The smallest absolute Gasteiger partial charge is 0.240 e. The first-order valence-corrected chi connectivity index (χ1v) is 9.46. The first-order chi connectivity index (χ1) is 11.5. The molecule has 24 heavy (non-hydrogen) atoms. The van der Waals surface area contributed by atoms with E-state index in [4.69, 9.17) is 5.73 Å². The van der Waals surface area contributed by atoms with Crippen LogP contribution in [-0.2, 0) is 14.8 Å². The van der Waals surface area contributed by atoms with Gasteiger partial charge in [0.25, 0.3) is 0 Å². The summed E-state index contributed by atoms with van der Waals surface area (Å²) < 4.78 is 27.2. The fourth-order valence-electron chi connectivity index (χ4n) is 2.88. The van der Waals surface area contributed by atoms with E-state index in [1.165, 1.54) is 0 Å². The lowest BCUT2D eigenvalue weighted by atomic mass is 10.1. The van der Waals surface area contributed by atoms with Gasteiger partial charge in [0, 0.05) is 32.1 Å². The maximum Gasteiger partial charge on any atom is 0.240 e. The van der Waals surface area contributed by atoms with Crippen LogP contribution in [0.15, 0.2) is 47.4 Å². The second-order valence-electron chi connectivity index (χ2n) is 6.05. The number of hydrogen-bond donors (Lipinski definition) is 2. The highest BCUT2D eigenvalue weighted by Gasteiger charge is 2.23. The second-order valence-corrected chi connectivity index (χ2v) is 7.81. The van der Waals surface area contributed by atoms with Gasteiger partial charge in [-0.3, -0.25) is 4.79 Å². The van der Waals surface area contributed by atoms with E-state index in [1.807, 2.05) is 24.3 Å². The molecule has 0 spiro atoms. The number of nitrogens with zero attached hydrogens (tertiary/aromatic N) is 1. The number of rotatable bonds is 5. The Morgan fingerprint density at radius 1 is 1.21 bits per heavy atom. The lowest BCUT2D eigenvalue weighted by molar-refractivity contribution is -0.130. The molecule has 1 amide bonds. The molecule has 0 aromatic heterocycles. The number of hydrogen-bond acceptors (Lipinski definition) is 4. The zero-order valence-corrected chi connectivity index (χ0v) is 14.1. The van der Waals surface area contributed by atoms with E-state index in [0.717, 1.165) is 17.2 Å². The predicted octanol–water partition coefficient (Wildman–Crippen LogP) is 1.07. The molecule has 0 radical (unpaired) electrons. The molecule has 3 rings (SSSR count). The molecule has 7 heteroatoms. The SMILES string of the molecule is N[C@@H]1CCN(C(=O)CCNS(=O)(=O)c2ccc3ccccc3c2)C1. The van der Waals surface area contributed by atoms with Crippen molar-refractivity contribution >= 4 is 26.7 Å². The summed E-state index contributed by atoms with van der Waals surface area (Å²) in [5.41, 5.74) is 5.78. The van der Waals surface area contributed by atoms with Crippen molar-refractivity contribution < 1.29 is 13.2 Å². The number of carbonyl (C=O) groups excluding carboxylic acids is 1. The Kier molecular flexibility index (Phi) is 4.84. The lowest BCUT2D eigenvalue weighted by Gasteiger charge is -2.15. The van der Waals surface area contributed by atoms with E-state index in [1.54, 1.807) is 23.1 Å². The molecule has 0 bridgehead atoms. The zero-order chi connectivity index (χ0) is 17.2. The molecular formula is C17H21N3O3S. The fourth-order valence-corrected chi connectivity index (χ4v) is 3.95. The van der Waals surface area contributed by atoms with Gasteiger partial charge >= 0.3 is 0 Å². The Morgan fingerprint density at radius 3 is 2.67 bits per heavy atom. The zero-order valence-electron chi connectivity index (χ0n) is 13.3. The number of likely N-dealkylation sites (tertiary alicyclic amines) is 1. The summed E-state index contributed by atoms with van der Waals surface area (Å²) >= 11 is 0. The molecule has 2 aromatic carbocycles. The normalized spacial score (nSPS) is 18.2. The number of carbonyl (C=O) groups is 1. The van der Waals surface area contributed by atoms with Crippen LogP contribution in [0, 0.1) is 0 Å². The average molecular weight is 347 g/mol. The molecular weight excluding hydrogens is 326 g/mol. The summed E-state index contributed by atoms with van der Waals surface area (Å²) in [7, 11) is -3.63. The summed E-state index contributed by atoms with van der Waals surface area (Å²) in [4.78, 5) is 13.9. The summed E-state index contributed by atoms with van der Waals surface area (Å²) in [6.45, 7) is 1.29. The van der Waals surface area contributed by atoms with Crippen molar-refractivity contribution in [2.24, 2.45) is 5.73 Å². The van der Waals surface area contributed by atoms with Crippen LogP contribution in [0.2, 0.25) is 0 Å². The molecule has 1 aliphatic rings. The van der Waals surface area contributed by atoms with Crippen LogP contribution >= 0.6 is 0 Å². The molecule has 6 nitrogen and oxygen atoms in total. The van der Waals surface area contributed by atoms with Gasteiger partial charge in [0.15, 0.2) is 0 Å². The van der Waals surface area contributed by atoms with Gasteiger partial charge in [0.05, 0.1) is 4.90 Å². The third-order valence-electron chi connectivity index (χ3n) is 4.24. The molecule has 1 fully saturated rings. The number of sulfonamides is 1. The van der Waals surface area contributed by atoms with Crippen LogP contribution in [0.25, 0.3) is 10.8 Å². The van der Waals surface area contributed by atoms with Gasteiger partial charge in [-0.1, -0.05) is 30.3 Å². The van der Waals surface area contributed by atoms with Crippen LogP contribution in [0.4, 0.5) is 0 Å². The Bertz CT molecular complexity index is 851. The molecule has 1 aliphatic heterocycles. The van der Waals surface area contributed by atoms with Gasteiger partial charge in [0.2, 0.25) is 15.9 Å². The van der Waals surface area contributed by atoms with E-state index >= 15 is 0 Å². The molecule has 1 atom stereocenters. The minimum absolute atomic E-state index is 0.0308. The topological polar surface area (TPSA) is 92.5 Å². The summed E-state index contributed by atoms with van der Waals surface area (Å²) in [6.07, 6.45) is 0.939. The van der Waals surface area contributed by atoms with Crippen molar-refractivity contribution in [3.63, 3.8) is 0 Å². The van der Waals surface area contributed by atoms with E-state index < -0.39 is 10.0 Å². The predicted molar refractivity (Wildman–Crippen MR) is 92.9 cm³/mol. The van der Waals surface area contributed by atoms with Gasteiger partial charge in [0.1, 0.15) is 0 Å². The monoisotopic (exact) mass is 347 g/mol. The van der Waals surface area contributed by atoms with Crippen molar-refractivity contribution in [1.82, 2.24) is 9.62 Å². The Labute approximate surface area is 141 Å². The van der Waals surface area contributed by atoms with Gasteiger partial charge in [-0.25, -0.2) is 13.1 Å². The third kappa shape index (κ3) is 3.75. The Balaban J connectivity index is 1.61. The van der Waals surface area contributed by atoms with E-state index in [-0.39, 0.29) is 29.8 Å². The molecule has 128 valence electrons. The number of fused-ring (bicyclic) bond motifs is 1. The minimum atomic E-state index is -3.63. The third-order valence-corrected chi connectivity index (χ3v) is 5.70. The second kappa shape index (κ2) is 6.88. The van der Waals surface area contributed by atoms with Crippen LogP contribution in [0.3, 0.4) is 0 Å². The van der Waals surface area contributed by atoms with Crippen LogP contribution in [0.5, 0.6) is 0 Å². The minimum Gasteiger partial charge on any atom is -0.341 e. The molecule has 3 N–H and O–H groups in total. The fraction of sp³-hybridized carbons (Fsp3) is 0.353. The quantitative estimate of drug-likeness (QED) is 0.846. The highest BCUT2D eigenvalue weighted by atomic mass is 32.2. The molecule has 1 saturated heterocycles. The molecule has 1 heterocycles. The summed E-state index contributed by atoms with van der Waals surface area (Å²) in [6, 6.07) is 12.6. The standard InChI is InChI=1S/C17H21N3O3S/c18-15-8-10-20(12-15)17(21)7-9-19-24(22,23)16-6-5-13-3-1-2-4-14(13)11-16/h1-6,11,15,19H,7-10,12,18H2/t15-/m1/s1. The first kappa shape index (κ1) is 16.9. The largest absolute Gasteiger partial charge is 0.341 e. The van der Waals surface area contributed by atoms with Gasteiger partial charge < -0.3 is 10.6 Å². The van der Waals surface area contributed by atoms with Crippen molar-refractivity contribution in [3.05, 3.63) is 42.5 Å². The number of benzene rings is 2. The van der Waals surface area contributed by atoms with Gasteiger partial charge in [-0.15, -0.1) is 0 Å². The number of nitrogens with one attached hydrogen (secondary N) is 1. The highest BCUT2D eigenvalue weighted by Crippen LogP contribution is 2.18. The maximum atomic E-state index is 12.4. The van der Waals surface area contributed by atoms with Gasteiger partial charge in [-0.05, 0) is 29.3 Å². The van der Waals surface area contributed by atoms with E-state index in [9.17, 15) is 13.2 Å². The van der Waals surface area contributed by atoms with E-state index in [2.05, 4.69) is 4.72 Å². The Hall–Kier alpha value is -1.96. The van der Waals surface area contributed by atoms with Crippen molar-refractivity contribution in [1.29, 1.82) is 0 Å². The lowest BCUT2D eigenvalue weighted by Crippen LogP contribution is -2.34. The van der Waals surface area contributed by atoms with E-state index in [0.29, 0.717) is 13.1 Å². The molecule has 0 aliphatic carbocycles. The average Bonchev–Trinajstić information content (AvgIpc) is 3.01. The highest BCUT2D eigenvalue weighted by molar-refractivity contribution is 7.89. The molecule has 2 aromatic rings. The van der Waals surface area contributed by atoms with Crippen LogP contribution in [0.1, 0.15) is 12.8 Å². The van der Waals surface area contributed by atoms with Gasteiger partial charge in [-0.2, -0.15) is 0 Å². The van der Waals surface area contributed by atoms with Crippen LogP contribution in [-0.4, -0.2) is 44.9 Å². The summed E-state index contributed by atoms with van der Waals surface area (Å²) in [5.74, 6) is -0.0656. The van der Waals surface area contributed by atoms with Crippen molar-refractivity contribution in [2.75, 3.05) is 19.6 Å². The van der Waals surface area contributed by atoms with Crippen LogP contribution < -0.4 is 10.5 Å². The van der Waals surface area contributed by atoms with Crippen molar-refractivity contribution in [3.8, 4) is 0 Å². The first-order valence-electron chi connectivity index (χ1n) is 7.97. The molecule has 0 saturated carbocycles. The maximum absolute atomic E-state index is 12.4. The molecule has 0 unspecified atom stereocenters. The Morgan fingerprint density at radius 2 is 1.96 bits per heavy atom. The summed E-state index contributed by atoms with van der Waals surface area (Å²) in [5, 5.41) is 1.85. The number of amides is 1.